The maximum atomic E-state index is 12.5. The summed E-state index contributed by atoms with van der Waals surface area (Å²) in [4.78, 5) is 15.0. The van der Waals surface area contributed by atoms with Gasteiger partial charge in [-0.25, -0.2) is 0 Å². The van der Waals surface area contributed by atoms with Gasteiger partial charge in [-0.1, -0.05) is 47.9 Å². The molecule has 0 unspecified atom stereocenters. The molecule has 0 saturated carbocycles. The zero-order valence-electron chi connectivity index (χ0n) is 14.7. The van der Waals surface area contributed by atoms with E-state index < -0.39 is 0 Å². The summed E-state index contributed by atoms with van der Waals surface area (Å²) in [6.45, 7) is 4.90. The van der Waals surface area contributed by atoms with E-state index in [1.54, 1.807) is 24.3 Å². The summed E-state index contributed by atoms with van der Waals surface area (Å²) in [7, 11) is 0. The van der Waals surface area contributed by atoms with Crippen molar-refractivity contribution in [2.45, 2.75) is 32.2 Å². The number of likely N-dealkylation sites (tertiary alicyclic amines) is 1. The predicted octanol–water partition coefficient (Wildman–Crippen LogP) is 4.61. The van der Waals surface area contributed by atoms with Crippen LogP contribution in [0, 0.1) is 6.92 Å². The minimum atomic E-state index is -0.0502. The number of hydrogen-bond donors (Lipinski definition) is 1. The van der Waals surface area contributed by atoms with Crippen molar-refractivity contribution in [3.05, 3.63) is 70.2 Å². The van der Waals surface area contributed by atoms with Crippen molar-refractivity contribution in [2.75, 3.05) is 19.6 Å². The van der Waals surface area contributed by atoms with Crippen molar-refractivity contribution < 1.29 is 4.79 Å². The average Bonchev–Trinajstić information content (AvgIpc) is 2.64. The van der Waals surface area contributed by atoms with Gasteiger partial charge in [0.1, 0.15) is 0 Å². The predicted molar refractivity (Wildman–Crippen MR) is 103 cm³/mol. The highest BCUT2D eigenvalue weighted by molar-refractivity contribution is 6.30. The second-order valence-electron chi connectivity index (χ2n) is 6.74. The SMILES string of the molecule is Cc1ccc([C@H](CNC(=O)c2ccc(Cl)cc2)N2CCCCC2)cc1. The fourth-order valence-electron chi connectivity index (χ4n) is 3.37. The molecule has 1 saturated heterocycles. The van der Waals surface area contributed by atoms with Crippen LogP contribution in [0.25, 0.3) is 0 Å². The summed E-state index contributed by atoms with van der Waals surface area (Å²) in [5.74, 6) is -0.0502. The quantitative estimate of drug-likeness (QED) is 0.848. The fourth-order valence-corrected chi connectivity index (χ4v) is 3.50. The number of carbonyl (C=O) groups is 1. The van der Waals surface area contributed by atoms with Gasteiger partial charge >= 0.3 is 0 Å². The first-order valence-electron chi connectivity index (χ1n) is 8.98. The van der Waals surface area contributed by atoms with Crippen molar-refractivity contribution in [2.24, 2.45) is 0 Å². The molecule has 1 N–H and O–H groups in total. The van der Waals surface area contributed by atoms with Crippen LogP contribution in [0.2, 0.25) is 5.02 Å². The molecule has 0 aliphatic carbocycles. The molecule has 2 aromatic carbocycles. The zero-order valence-corrected chi connectivity index (χ0v) is 15.4. The van der Waals surface area contributed by atoms with Gasteiger partial charge in [-0.15, -0.1) is 0 Å². The van der Waals surface area contributed by atoms with Gasteiger partial charge in [-0.3, -0.25) is 9.69 Å². The number of rotatable bonds is 5. The maximum absolute atomic E-state index is 12.5. The zero-order chi connectivity index (χ0) is 17.6. The van der Waals surface area contributed by atoms with Crippen LogP contribution in [0.15, 0.2) is 48.5 Å². The van der Waals surface area contributed by atoms with E-state index in [1.165, 1.54) is 30.4 Å². The first-order chi connectivity index (χ1) is 12.1. The highest BCUT2D eigenvalue weighted by atomic mass is 35.5. The van der Waals surface area contributed by atoms with Crippen molar-refractivity contribution in [1.82, 2.24) is 10.2 Å². The number of nitrogens with one attached hydrogen (secondary N) is 1. The largest absolute Gasteiger partial charge is 0.350 e. The lowest BCUT2D eigenvalue weighted by molar-refractivity contribution is 0.0924. The van der Waals surface area contributed by atoms with Crippen molar-refractivity contribution in [3.63, 3.8) is 0 Å². The highest BCUT2D eigenvalue weighted by Gasteiger charge is 2.23. The average molecular weight is 357 g/mol. The van der Waals surface area contributed by atoms with Crippen LogP contribution in [-0.2, 0) is 0 Å². The Morgan fingerprint density at radius 1 is 1.04 bits per heavy atom. The number of piperidine rings is 1. The van der Waals surface area contributed by atoms with Crippen molar-refractivity contribution >= 4 is 17.5 Å². The Hall–Kier alpha value is -1.84. The van der Waals surface area contributed by atoms with Crippen LogP contribution in [0.3, 0.4) is 0 Å². The normalized spacial score (nSPS) is 16.4. The van der Waals surface area contributed by atoms with E-state index in [1.807, 2.05) is 0 Å². The lowest BCUT2D eigenvalue weighted by Gasteiger charge is -2.35. The molecular formula is C21H25ClN2O. The third-order valence-corrected chi connectivity index (χ3v) is 5.11. The number of hydrogen-bond acceptors (Lipinski definition) is 2. The third kappa shape index (κ3) is 4.83. The molecule has 132 valence electrons. The summed E-state index contributed by atoms with van der Waals surface area (Å²) in [6, 6.07) is 15.9. The summed E-state index contributed by atoms with van der Waals surface area (Å²) >= 11 is 5.90. The fraction of sp³-hybridized carbons (Fsp3) is 0.381. The van der Waals surface area contributed by atoms with Gasteiger partial charge < -0.3 is 5.32 Å². The number of carbonyl (C=O) groups excluding carboxylic acids is 1. The van der Waals surface area contributed by atoms with E-state index in [2.05, 4.69) is 41.4 Å². The summed E-state index contributed by atoms with van der Waals surface area (Å²) in [5, 5.41) is 3.75. The van der Waals surface area contributed by atoms with Crippen molar-refractivity contribution in [1.29, 1.82) is 0 Å². The lowest BCUT2D eigenvalue weighted by atomic mass is 10.0. The Bertz CT molecular complexity index is 691. The van der Waals surface area contributed by atoms with Gasteiger partial charge in [0, 0.05) is 17.1 Å². The molecular weight excluding hydrogens is 332 g/mol. The topological polar surface area (TPSA) is 32.3 Å². The van der Waals surface area contributed by atoms with Gasteiger partial charge in [-0.2, -0.15) is 0 Å². The second-order valence-corrected chi connectivity index (χ2v) is 7.18. The second kappa shape index (κ2) is 8.50. The third-order valence-electron chi connectivity index (χ3n) is 4.86. The van der Waals surface area contributed by atoms with Crippen LogP contribution in [0.4, 0.5) is 0 Å². The van der Waals surface area contributed by atoms with Crippen LogP contribution < -0.4 is 5.32 Å². The molecule has 1 atom stereocenters. The summed E-state index contributed by atoms with van der Waals surface area (Å²) in [5.41, 5.74) is 3.17. The summed E-state index contributed by atoms with van der Waals surface area (Å²) in [6.07, 6.45) is 3.76. The number of amides is 1. The Morgan fingerprint density at radius 3 is 2.32 bits per heavy atom. The van der Waals surface area contributed by atoms with E-state index in [-0.39, 0.29) is 11.9 Å². The molecule has 1 amide bonds. The van der Waals surface area contributed by atoms with Crippen LogP contribution in [0.5, 0.6) is 0 Å². The molecule has 0 spiro atoms. The molecule has 3 nitrogen and oxygen atoms in total. The first-order valence-corrected chi connectivity index (χ1v) is 9.35. The van der Waals surface area contributed by atoms with E-state index in [0.29, 0.717) is 17.1 Å². The number of benzene rings is 2. The first kappa shape index (κ1) is 18.0. The molecule has 0 radical (unpaired) electrons. The molecule has 3 rings (SSSR count). The van der Waals surface area contributed by atoms with Crippen LogP contribution in [-0.4, -0.2) is 30.4 Å². The van der Waals surface area contributed by atoms with E-state index in [9.17, 15) is 4.79 Å². The van der Waals surface area contributed by atoms with Gasteiger partial charge in [0.05, 0.1) is 6.04 Å². The molecule has 4 heteroatoms. The molecule has 1 aliphatic heterocycles. The van der Waals surface area contributed by atoms with Gasteiger partial charge in [0.25, 0.3) is 5.91 Å². The number of nitrogens with zero attached hydrogens (tertiary/aromatic N) is 1. The van der Waals surface area contributed by atoms with Crippen molar-refractivity contribution in [3.8, 4) is 0 Å². The van der Waals surface area contributed by atoms with E-state index in [4.69, 9.17) is 11.6 Å². The molecule has 0 bridgehead atoms. The van der Waals surface area contributed by atoms with Crippen LogP contribution >= 0.6 is 11.6 Å². The Kier molecular flexibility index (Phi) is 6.11. The minimum Gasteiger partial charge on any atom is -0.350 e. The Labute approximate surface area is 155 Å². The minimum absolute atomic E-state index is 0.0502. The summed E-state index contributed by atoms with van der Waals surface area (Å²) < 4.78 is 0. The molecule has 1 fully saturated rings. The molecule has 1 aliphatic rings. The molecule has 2 aromatic rings. The molecule has 0 aromatic heterocycles. The standard InChI is InChI=1S/C21H25ClN2O/c1-16-5-7-17(8-6-16)20(24-13-3-2-4-14-24)15-23-21(25)18-9-11-19(22)12-10-18/h5-12,20H,2-4,13-15H2,1H3,(H,23,25)/t20-/m0/s1. The maximum Gasteiger partial charge on any atom is 0.251 e. The molecule has 25 heavy (non-hydrogen) atoms. The molecule has 1 heterocycles. The number of halogens is 1. The monoisotopic (exact) mass is 356 g/mol. The number of aryl methyl sites for hydroxylation is 1. The lowest BCUT2D eigenvalue weighted by Crippen LogP contribution is -2.40. The highest BCUT2D eigenvalue weighted by Crippen LogP contribution is 2.24. The van der Waals surface area contributed by atoms with Gasteiger partial charge in [0.2, 0.25) is 0 Å². The Morgan fingerprint density at radius 2 is 1.68 bits per heavy atom. The van der Waals surface area contributed by atoms with Gasteiger partial charge in [0.15, 0.2) is 0 Å². The van der Waals surface area contributed by atoms with Crippen LogP contribution in [0.1, 0.15) is 46.8 Å². The Balaban J connectivity index is 1.71. The van der Waals surface area contributed by atoms with Gasteiger partial charge in [-0.05, 0) is 62.7 Å². The smallest absolute Gasteiger partial charge is 0.251 e. The van der Waals surface area contributed by atoms with E-state index in [0.717, 1.165) is 13.1 Å². The van der Waals surface area contributed by atoms with E-state index >= 15 is 0 Å².